The van der Waals surface area contributed by atoms with Crippen LogP contribution in [0.1, 0.15) is 18.6 Å². The Morgan fingerprint density at radius 2 is 1.95 bits per heavy atom. The highest BCUT2D eigenvalue weighted by atomic mass is 35.5. The van der Waals surface area contributed by atoms with Gasteiger partial charge in [-0.3, -0.25) is 4.79 Å². The molecule has 0 fully saturated rings. The first-order chi connectivity index (χ1) is 9.66. The van der Waals surface area contributed by atoms with Crippen LogP contribution in [0.5, 0.6) is 0 Å². The molecular weight excluding hydrogens is 323 g/mol. The highest BCUT2D eigenvalue weighted by Gasteiger charge is 2.24. The molecule has 0 saturated carbocycles. The van der Waals surface area contributed by atoms with E-state index in [2.05, 4.69) is 5.32 Å². The minimum Gasteiger partial charge on any atom is -0.386 e. The third kappa shape index (κ3) is 4.92. The van der Waals surface area contributed by atoms with Crippen LogP contribution >= 0.6 is 11.6 Å². The van der Waals surface area contributed by atoms with Crippen LogP contribution in [0.15, 0.2) is 29.2 Å². The van der Waals surface area contributed by atoms with Gasteiger partial charge < -0.3 is 10.4 Å². The Morgan fingerprint density at radius 3 is 2.33 bits per heavy atom. The van der Waals surface area contributed by atoms with Gasteiger partial charge in [-0.05, 0) is 24.6 Å². The molecule has 1 rings (SSSR count). The molecule has 0 aliphatic heterocycles. The number of amides is 1. The second-order valence-electron chi connectivity index (χ2n) is 4.44. The maximum Gasteiger partial charge on any atom is 0.238 e. The SMILES string of the molecule is C[C@H](Cl)C(=O)N[C@H](CF)[C@H](O)c1ccc(S(N)(=O)=O)cc1. The Labute approximate surface area is 127 Å². The second kappa shape index (κ2) is 7.17. The summed E-state index contributed by atoms with van der Waals surface area (Å²) in [6.45, 7) is 0.410. The molecule has 0 bridgehead atoms. The number of hydrogen-bond donors (Lipinski definition) is 3. The van der Waals surface area contributed by atoms with Crippen molar-refractivity contribution in [3.63, 3.8) is 0 Å². The van der Waals surface area contributed by atoms with Gasteiger partial charge in [0.2, 0.25) is 15.9 Å². The molecule has 9 heteroatoms. The quantitative estimate of drug-likeness (QED) is 0.654. The third-order valence-electron chi connectivity index (χ3n) is 2.79. The zero-order valence-electron chi connectivity index (χ0n) is 11.2. The first kappa shape index (κ1) is 17.8. The number of primary sulfonamides is 1. The summed E-state index contributed by atoms with van der Waals surface area (Å²) in [6, 6.07) is 3.79. The Balaban J connectivity index is 2.90. The van der Waals surface area contributed by atoms with Crippen molar-refractivity contribution >= 4 is 27.5 Å². The van der Waals surface area contributed by atoms with Gasteiger partial charge >= 0.3 is 0 Å². The number of sulfonamides is 1. The van der Waals surface area contributed by atoms with E-state index in [9.17, 15) is 22.7 Å². The van der Waals surface area contributed by atoms with Crippen LogP contribution in [0.3, 0.4) is 0 Å². The van der Waals surface area contributed by atoms with Gasteiger partial charge in [0, 0.05) is 0 Å². The van der Waals surface area contributed by atoms with Crippen LogP contribution < -0.4 is 10.5 Å². The number of aliphatic hydroxyl groups excluding tert-OH is 1. The van der Waals surface area contributed by atoms with Gasteiger partial charge in [-0.15, -0.1) is 11.6 Å². The van der Waals surface area contributed by atoms with Crippen LogP contribution in [0, 0.1) is 0 Å². The molecule has 21 heavy (non-hydrogen) atoms. The lowest BCUT2D eigenvalue weighted by Gasteiger charge is -2.22. The third-order valence-corrected chi connectivity index (χ3v) is 3.91. The molecule has 6 nitrogen and oxygen atoms in total. The van der Waals surface area contributed by atoms with Gasteiger partial charge in [-0.2, -0.15) is 0 Å². The van der Waals surface area contributed by atoms with Crippen molar-refractivity contribution in [2.24, 2.45) is 5.14 Å². The van der Waals surface area contributed by atoms with Crippen molar-refractivity contribution in [2.45, 2.75) is 29.3 Å². The van der Waals surface area contributed by atoms with Crippen LogP contribution in [0.25, 0.3) is 0 Å². The van der Waals surface area contributed by atoms with E-state index in [0.717, 1.165) is 0 Å². The number of halogens is 2. The van der Waals surface area contributed by atoms with Crippen molar-refractivity contribution in [3.8, 4) is 0 Å². The predicted octanol–water partition coefficient (Wildman–Crippen LogP) is 0.449. The molecule has 0 saturated heterocycles. The number of rotatable bonds is 6. The van der Waals surface area contributed by atoms with Crippen molar-refractivity contribution in [2.75, 3.05) is 6.67 Å². The largest absolute Gasteiger partial charge is 0.386 e. The van der Waals surface area contributed by atoms with Gasteiger partial charge in [0.15, 0.2) is 0 Å². The second-order valence-corrected chi connectivity index (χ2v) is 6.66. The van der Waals surface area contributed by atoms with E-state index in [1.54, 1.807) is 0 Å². The Hall–Kier alpha value is -1.22. The molecule has 0 radical (unpaired) electrons. The van der Waals surface area contributed by atoms with Crippen LogP contribution in [0.4, 0.5) is 4.39 Å². The average molecular weight is 339 g/mol. The predicted molar refractivity (Wildman–Crippen MR) is 76.0 cm³/mol. The highest BCUT2D eigenvalue weighted by molar-refractivity contribution is 7.89. The normalized spacial score (nSPS) is 16.0. The number of aliphatic hydroxyl groups is 1. The summed E-state index contributed by atoms with van der Waals surface area (Å²) in [4.78, 5) is 11.3. The fourth-order valence-corrected chi connectivity index (χ4v) is 2.16. The van der Waals surface area contributed by atoms with E-state index in [1.807, 2.05) is 0 Å². The van der Waals surface area contributed by atoms with Gasteiger partial charge in [-0.1, -0.05) is 12.1 Å². The van der Waals surface area contributed by atoms with E-state index in [1.165, 1.54) is 31.2 Å². The molecule has 1 aromatic carbocycles. The molecule has 1 amide bonds. The Kier molecular flexibility index (Phi) is 6.09. The summed E-state index contributed by atoms with van der Waals surface area (Å²) < 4.78 is 35.2. The molecule has 0 spiro atoms. The summed E-state index contributed by atoms with van der Waals surface area (Å²) in [5.41, 5.74) is 0.243. The van der Waals surface area contributed by atoms with E-state index >= 15 is 0 Å². The molecule has 3 atom stereocenters. The highest BCUT2D eigenvalue weighted by Crippen LogP contribution is 2.19. The molecule has 1 aromatic rings. The lowest BCUT2D eigenvalue weighted by molar-refractivity contribution is -0.122. The monoisotopic (exact) mass is 338 g/mol. The maximum atomic E-state index is 13.0. The Bertz CT molecular complexity index is 592. The van der Waals surface area contributed by atoms with Crippen LogP contribution in [-0.4, -0.2) is 37.5 Å². The molecule has 0 heterocycles. The topological polar surface area (TPSA) is 109 Å². The number of nitrogens with one attached hydrogen (secondary N) is 1. The summed E-state index contributed by atoms with van der Waals surface area (Å²) in [5, 5.41) is 16.4. The van der Waals surface area contributed by atoms with E-state index in [-0.39, 0.29) is 10.5 Å². The molecule has 0 aliphatic rings. The molecular formula is C12H16ClFN2O4S. The van der Waals surface area contributed by atoms with Gasteiger partial charge in [0.05, 0.1) is 10.9 Å². The fraction of sp³-hybridized carbons (Fsp3) is 0.417. The van der Waals surface area contributed by atoms with Gasteiger partial charge in [0.1, 0.15) is 18.2 Å². The number of alkyl halides is 2. The lowest BCUT2D eigenvalue weighted by Crippen LogP contribution is -2.43. The van der Waals surface area contributed by atoms with Crippen molar-refractivity contribution in [1.29, 1.82) is 0 Å². The fourth-order valence-electron chi connectivity index (χ4n) is 1.59. The number of benzene rings is 1. The summed E-state index contributed by atoms with van der Waals surface area (Å²) in [7, 11) is -3.84. The zero-order chi connectivity index (χ0) is 16.2. The lowest BCUT2D eigenvalue weighted by atomic mass is 10.0. The number of carbonyl (C=O) groups excluding carboxylic acids is 1. The summed E-state index contributed by atoms with van der Waals surface area (Å²) in [5.74, 6) is -0.612. The Morgan fingerprint density at radius 1 is 1.43 bits per heavy atom. The first-order valence-corrected chi connectivity index (χ1v) is 7.96. The number of hydrogen-bond acceptors (Lipinski definition) is 4. The maximum absolute atomic E-state index is 13.0. The molecule has 4 N–H and O–H groups in total. The standard InChI is InChI=1S/C12H16ClFN2O4S/c1-7(13)12(18)16-10(6-14)11(17)8-2-4-9(5-3-8)21(15,19)20/h2-5,7,10-11,17H,6H2,1H3,(H,16,18)(H2,15,19,20)/t7-,10+,11+/m0/s1. The van der Waals surface area contributed by atoms with Crippen molar-refractivity contribution < 1.29 is 22.7 Å². The minimum atomic E-state index is -3.84. The average Bonchev–Trinajstić information content (AvgIpc) is 2.42. The summed E-state index contributed by atoms with van der Waals surface area (Å²) in [6.07, 6.45) is -1.34. The molecule has 118 valence electrons. The van der Waals surface area contributed by atoms with E-state index in [0.29, 0.717) is 0 Å². The van der Waals surface area contributed by atoms with Gasteiger partial charge in [-0.25, -0.2) is 17.9 Å². The molecule has 0 aromatic heterocycles. The molecule has 0 aliphatic carbocycles. The minimum absolute atomic E-state index is 0.131. The van der Waals surface area contributed by atoms with Crippen LogP contribution in [-0.2, 0) is 14.8 Å². The first-order valence-electron chi connectivity index (χ1n) is 5.98. The molecule has 0 unspecified atom stereocenters. The summed E-state index contributed by atoms with van der Waals surface area (Å²) >= 11 is 5.55. The number of carbonyl (C=O) groups is 1. The number of nitrogens with two attached hydrogens (primary N) is 1. The van der Waals surface area contributed by atoms with Crippen LogP contribution in [0.2, 0.25) is 0 Å². The van der Waals surface area contributed by atoms with E-state index in [4.69, 9.17) is 16.7 Å². The van der Waals surface area contributed by atoms with Crippen molar-refractivity contribution in [3.05, 3.63) is 29.8 Å². The zero-order valence-corrected chi connectivity index (χ0v) is 12.7. The van der Waals surface area contributed by atoms with Crippen molar-refractivity contribution in [1.82, 2.24) is 5.32 Å². The van der Waals surface area contributed by atoms with Gasteiger partial charge in [0.25, 0.3) is 0 Å². The van der Waals surface area contributed by atoms with E-state index < -0.39 is 40.1 Å². The smallest absolute Gasteiger partial charge is 0.238 e.